The number of aryl methyl sites for hydroxylation is 1. The summed E-state index contributed by atoms with van der Waals surface area (Å²) in [7, 11) is 1.57. The molecule has 0 aliphatic heterocycles. The SMILES string of the molecule is COc1ccc(/C=N\NC(=O)CNc2ccc(C)cc2)cc1OCn1cccn1. The van der Waals surface area contributed by atoms with E-state index in [0.29, 0.717) is 11.5 Å². The predicted molar refractivity (Wildman–Crippen MR) is 111 cm³/mol. The maximum atomic E-state index is 11.9. The van der Waals surface area contributed by atoms with Gasteiger partial charge in [-0.3, -0.25) is 4.79 Å². The van der Waals surface area contributed by atoms with Gasteiger partial charge in [0.25, 0.3) is 5.91 Å². The average Bonchev–Trinajstić information content (AvgIpc) is 3.25. The van der Waals surface area contributed by atoms with Crippen LogP contribution in [-0.2, 0) is 11.5 Å². The lowest BCUT2D eigenvalue weighted by Crippen LogP contribution is -2.25. The number of carbonyl (C=O) groups is 1. The van der Waals surface area contributed by atoms with E-state index in [2.05, 4.69) is 20.9 Å². The number of rotatable bonds is 9. The molecule has 0 fully saturated rings. The topological polar surface area (TPSA) is 89.8 Å². The molecule has 2 N–H and O–H groups in total. The summed E-state index contributed by atoms with van der Waals surface area (Å²) in [4.78, 5) is 11.9. The van der Waals surface area contributed by atoms with Crippen molar-refractivity contribution in [2.75, 3.05) is 19.0 Å². The first-order valence-corrected chi connectivity index (χ1v) is 9.05. The van der Waals surface area contributed by atoms with Gasteiger partial charge < -0.3 is 14.8 Å². The summed E-state index contributed by atoms with van der Waals surface area (Å²) in [6.07, 6.45) is 5.03. The Kier molecular flexibility index (Phi) is 6.83. The molecule has 3 rings (SSSR count). The fraction of sp³-hybridized carbons (Fsp3) is 0.190. The highest BCUT2D eigenvalue weighted by molar-refractivity contribution is 5.84. The molecule has 1 heterocycles. The maximum Gasteiger partial charge on any atom is 0.259 e. The molecule has 0 aliphatic carbocycles. The summed E-state index contributed by atoms with van der Waals surface area (Å²) in [5, 5.41) is 11.1. The molecular weight excluding hydrogens is 370 g/mol. The molecule has 0 radical (unpaired) electrons. The zero-order chi connectivity index (χ0) is 20.5. The van der Waals surface area contributed by atoms with Crippen LogP contribution in [0.3, 0.4) is 0 Å². The van der Waals surface area contributed by atoms with Gasteiger partial charge in [-0.1, -0.05) is 17.7 Å². The minimum absolute atomic E-state index is 0.126. The second kappa shape index (κ2) is 9.93. The van der Waals surface area contributed by atoms with E-state index in [9.17, 15) is 4.79 Å². The lowest BCUT2D eigenvalue weighted by molar-refractivity contribution is -0.119. The molecule has 0 atom stereocenters. The summed E-state index contributed by atoms with van der Waals surface area (Å²) in [5.41, 5.74) is 5.30. The van der Waals surface area contributed by atoms with E-state index in [0.717, 1.165) is 16.8 Å². The van der Waals surface area contributed by atoms with E-state index in [1.54, 1.807) is 42.5 Å². The van der Waals surface area contributed by atoms with E-state index < -0.39 is 0 Å². The van der Waals surface area contributed by atoms with Gasteiger partial charge in [0.15, 0.2) is 18.2 Å². The Morgan fingerprint density at radius 2 is 2.03 bits per heavy atom. The smallest absolute Gasteiger partial charge is 0.259 e. The molecule has 29 heavy (non-hydrogen) atoms. The Morgan fingerprint density at radius 1 is 1.21 bits per heavy atom. The third-order valence-corrected chi connectivity index (χ3v) is 4.01. The number of hydrogen-bond acceptors (Lipinski definition) is 6. The standard InChI is InChI=1S/C21H23N5O3/c1-16-4-7-18(8-5-16)22-14-21(27)25-23-13-17-6-9-19(28-2)20(12-17)29-15-26-11-3-10-24-26/h3-13,22H,14-15H2,1-2H3,(H,25,27)/b23-13-. The summed E-state index contributed by atoms with van der Waals surface area (Å²) in [6, 6.07) is 15.0. The molecule has 0 aliphatic rings. The van der Waals surface area contributed by atoms with Gasteiger partial charge in [-0.15, -0.1) is 0 Å². The quantitative estimate of drug-likeness (QED) is 0.431. The molecule has 150 valence electrons. The van der Waals surface area contributed by atoms with Gasteiger partial charge in [0.1, 0.15) is 0 Å². The van der Waals surface area contributed by atoms with E-state index >= 15 is 0 Å². The number of nitrogens with one attached hydrogen (secondary N) is 2. The fourth-order valence-electron chi connectivity index (χ4n) is 2.47. The van der Waals surface area contributed by atoms with Crippen molar-refractivity contribution in [1.82, 2.24) is 15.2 Å². The van der Waals surface area contributed by atoms with E-state index in [1.165, 1.54) is 0 Å². The Hall–Kier alpha value is -3.81. The van der Waals surface area contributed by atoms with Crippen LogP contribution in [0.1, 0.15) is 11.1 Å². The molecule has 0 saturated heterocycles. The fourth-order valence-corrected chi connectivity index (χ4v) is 2.47. The largest absolute Gasteiger partial charge is 0.493 e. The van der Waals surface area contributed by atoms with Crippen molar-refractivity contribution in [2.45, 2.75) is 13.7 Å². The third kappa shape index (κ3) is 6.10. The highest BCUT2D eigenvalue weighted by atomic mass is 16.5. The summed E-state index contributed by atoms with van der Waals surface area (Å²) in [6.45, 7) is 2.39. The molecule has 0 bridgehead atoms. The molecule has 2 aromatic carbocycles. The minimum Gasteiger partial charge on any atom is -0.493 e. The van der Waals surface area contributed by atoms with Gasteiger partial charge in [-0.25, -0.2) is 10.1 Å². The Morgan fingerprint density at radius 3 is 2.76 bits per heavy atom. The van der Waals surface area contributed by atoms with Crippen molar-refractivity contribution in [2.24, 2.45) is 5.10 Å². The molecule has 3 aromatic rings. The first-order valence-electron chi connectivity index (χ1n) is 9.05. The van der Waals surface area contributed by atoms with Crippen LogP contribution in [-0.4, -0.2) is 35.6 Å². The lowest BCUT2D eigenvalue weighted by Gasteiger charge is -2.11. The van der Waals surface area contributed by atoms with Crippen molar-refractivity contribution in [1.29, 1.82) is 0 Å². The summed E-state index contributed by atoms with van der Waals surface area (Å²) < 4.78 is 12.7. The predicted octanol–water partition coefficient (Wildman–Crippen LogP) is 2.80. The number of aromatic nitrogens is 2. The van der Waals surface area contributed by atoms with Crippen LogP contribution in [0.5, 0.6) is 11.5 Å². The van der Waals surface area contributed by atoms with Crippen LogP contribution in [0, 0.1) is 6.92 Å². The number of nitrogens with zero attached hydrogens (tertiary/aromatic N) is 3. The zero-order valence-electron chi connectivity index (χ0n) is 16.3. The van der Waals surface area contributed by atoms with E-state index in [1.807, 2.05) is 43.3 Å². The number of hydrazone groups is 1. The first kappa shape index (κ1) is 19.9. The number of hydrogen-bond donors (Lipinski definition) is 2. The molecular formula is C21H23N5O3. The van der Waals surface area contributed by atoms with Crippen LogP contribution in [0.2, 0.25) is 0 Å². The molecule has 0 unspecified atom stereocenters. The van der Waals surface area contributed by atoms with Gasteiger partial charge in [0.2, 0.25) is 0 Å². The number of methoxy groups -OCH3 is 1. The Labute approximate surface area is 169 Å². The highest BCUT2D eigenvalue weighted by Gasteiger charge is 2.06. The highest BCUT2D eigenvalue weighted by Crippen LogP contribution is 2.27. The van der Waals surface area contributed by atoms with E-state index in [-0.39, 0.29) is 19.2 Å². The van der Waals surface area contributed by atoms with Crippen LogP contribution in [0.4, 0.5) is 5.69 Å². The normalized spacial score (nSPS) is 10.7. The molecule has 8 nitrogen and oxygen atoms in total. The van der Waals surface area contributed by atoms with Crippen LogP contribution >= 0.6 is 0 Å². The maximum absolute atomic E-state index is 11.9. The third-order valence-electron chi connectivity index (χ3n) is 4.01. The van der Waals surface area contributed by atoms with Crippen molar-refractivity contribution in [3.8, 4) is 11.5 Å². The van der Waals surface area contributed by atoms with Crippen molar-refractivity contribution in [3.05, 3.63) is 72.1 Å². The monoisotopic (exact) mass is 393 g/mol. The second-order valence-electron chi connectivity index (χ2n) is 6.24. The van der Waals surface area contributed by atoms with Gasteiger partial charge in [0, 0.05) is 18.1 Å². The van der Waals surface area contributed by atoms with E-state index in [4.69, 9.17) is 9.47 Å². The van der Waals surface area contributed by atoms with Gasteiger partial charge in [0.05, 0.1) is 19.9 Å². The zero-order valence-corrected chi connectivity index (χ0v) is 16.3. The van der Waals surface area contributed by atoms with Crippen molar-refractivity contribution >= 4 is 17.8 Å². The number of amides is 1. The number of ether oxygens (including phenoxy) is 2. The minimum atomic E-state index is -0.245. The first-order chi connectivity index (χ1) is 14.1. The number of carbonyl (C=O) groups excluding carboxylic acids is 1. The Bertz CT molecular complexity index is 953. The number of benzene rings is 2. The molecule has 1 amide bonds. The van der Waals surface area contributed by atoms with Crippen LogP contribution < -0.4 is 20.2 Å². The second-order valence-corrected chi connectivity index (χ2v) is 6.24. The van der Waals surface area contributed by atoms with Gasteiger partial charge in [-0.05, 0) is 48.9 Å². The lowest BCUT2D eigenvalue weighted by atomic mass is 10.2. The molecule has 0 saturated carbocycles. The summed E-state index contributed by atoms with van der Waals surface area (Å²) in [5.74, 6) is 0.908. The van der Waals surface area contributed by atoms with Crippen LogP contribution in [0.25, 0.3) is 0 Å². The Balaban J connectivity index is 1.53. The molecule has 8 heteroatoms. The number of anilines is 1. The average molecular weight is 393 g/mol. The summed E-state index contributed by atoms with van der Waals surface area (Å²) >= 11 is 0. The van der Waals surface area contributed by atoms with Crippen molar-refractivity contribution < 1.29 is 14.3 Å². The molecule has 0 spiro atoms. The molecule has 1 aromatic heterocycles. The van der Waals surface area contributed by atoms with Crippen molar-refractivity contribution in [3.63, 3.8) is 0 Å². The van der Waals surface area contributed by atoms with Crippen LogP contribution in [0.15, 0.2) is 66.0 Å². The van der Waals surface area contributed by atoms with Gasteiger partial charge in [-0.2, -0.15) is 10.2 Å². The van der Waals surface area contributed by atoms with Gasteiger partial charge >= 0.3 is 0 Å².